The molecule has 1 fully saturated rings. The van der Waals surface area contributed by atoms with Gasteiger partial charge in [-0.15, -0.1) is 0 Å². The van der Waals surface area contributed by atoms with Gasteiger partial charge in [-0.3, -0.25) is 9.69 Å². The first-order valence-electron chi connectivity index (χ1n) is 8.34. The van der Waals surface area contributed by atoms with Crippen LogP contribution in [0, 0.1) is 0 Å². The number of rotatable bonds is 2. The van der Waals surface area contributed by atoms with Crippen LogP contribution in [0.5, 0.6) is 0 Å². The van der Waals surface area contributed by atoms with Crippen LogP contribution in [-0.2, 0) is 22.4 Å². The molecule has 0 saturated carbocycles. The number of hydrogen-bond acceptors (Lipinski definition) is 3. The topological polar surface area (TPSA) is 32.8 Å². The van der Waals surface area contributed by atoms with E-state index >= 15 is 0 Å². The Labute approximate surface area is 133 Å². The Kier molecular flexibility index (Phi) is 4.79. The predicted octanol–water partition coefficient (Wildman–Crippen LogP) is 1.72. The van der Waals surface area contributed by atoms with Crippen LogP contribution < -0.4 is 0 Å². The van der Waals surface area contributed by atoms with E-state index < -0.39 is 0 Å². The smallest absolute Gasteiger partial charge is 0.236 e. The minimum atomic E-state index is 0.140. The standard InChI is InChI=1S/C18H26N2O2/c1-14-11-20(12-15(2)22-14)18(21)13-19-9-7-16-5-3-4-6-17(16)8-10-19/h3-6,14-15H,7-13H2,1-2H3/t14-,15+. The molecule has 2 aliphatic heterocycles. The lowest BCUT2D eigenvalue weighted by Gasteiger charge is -2.36. The zero-order chi connectivity index (χ0) is 15.5. The SMILES string of the molecule is C[C@@H]1CN(C(=O)CN2CCc3ccccc3CC2)C[C@H](C)O1. The first-order valence-corrected chi connectivity index (χ1v) is 8.34. The van der Waals surface area contributed by atoms with Gasteiger partial charge in [0, 0.05) is 26.2 Å². The van der Waals surface area contributed by atoms with Crippen LogP contribution in [0.4, 0.5) is 0 Å². The summed E-state index contributed by atoms with van der Waals surface area (Å²) in [6, 6.07) is 8.64. The fraction of sp³-hybridized carbons (Fsp3) is 0.611. The molecule has 0 aliphatic carbocycles. The Morgan fingerprint density at radius 1 is 1.09 bits per heavy atom. The second-order valence-corrected chi connectivity index (χ2v) is 6.60. The third-order valence-corrected chi connectivity index (χ3v) is 4.64. The van der Waals surface area contributed by atoms with Crippen molar-refractivity contribution in [3.05, 3.63) is 35.4 Å². The maximum absolute atomic E-state index is 12.6. The normalized spacial score (nSPS) is 26.4. The molecule has 1 aromatic carbocycles. The van der Waals surface area contributed by atoms with E-state index in [1.807, 2.05) is 18.7 Å². The Bertz CT molecular complexity index is 495. The van der Waals surface area contributed by atoms with E-state index in [1.165, 1.54) is 11.1 Å². The lowest BCUT2D eigenvalue weighted by Crippen LogP contribution is -2.51. The number of ether oxygens (including phenoxy) is 1. The van der Waals surface area contributed by atoms with E-state index in [4.69, 9.17) is 4.74 Å². The molecule has 3 rings (SSSR count). The molecule has 120 valence electrons. The Morgan fingerprint density at radius 2 is 1.64 bits per heavy atom. The summed E-state index contributed by atoms with van der Waals surface area (Å²) >= 11 is 0. The van der Waals surface area contributed by atoms with Crippen molar-refractivity contribution in [2.45, 2.75) is 38.9 Å². The molecule has 2 heterocycles. The van der Waals surface area contributed by atoms with Gasteiger partial charge in [-0.25, -0.2) is 0 Å². The number of nitrogens with zero attached hydrogens (tertiary/aromatic N) is 2. The van der Waals surface area contributed by atoms with Gasteiger partial charge >= 0.3 is 0 Å². The maximum Gasteiger partial charge on any atom is 0.236 e. The van der Waals surface area contributed by atoms with Crippen molar-refractivity contribution in [3.63, 3.8) is 0 Å². The van der Waals surface area contributed by atoms with Crippen molar-refractivity contribution >= 4 is 5.91 Å². The van der Waals surface area contributed by atoms with E-state index in [9.17, 15) is 4.79 Å². The summed E-state index contributed by atoms with van der Waals surface area (Å²) in [4.78, 5) is 16.8. The van der Waals surface area contributed by atoms with E-state index in [0.717, 1.165) is 39.0 Å². The molecule has 1 aromatic rings. The number of hydrogen-bond donors (Lipinski definition) is 0. The maximum atomic E-state index is 12.6. The second-order valence-electron chi connectivity index (χ2n) is 6.60. The summed E-state index contributed by atoms with van der Waals surface area (Å²) in [6.07, 6.45) is 2.36. The van der Waals surface area contributed by atoms with Gasteiger partial charge in [0.15, 0.2) is 0 Å². The average molecular weight is 302 g/mol. The molecule has 22 heavy (non-hydrogen) atoms. The first-order chi connectivity index (χ1) is 10.6. The van der Waals surface area contributed by atoms with E-state index in [-0.39, 0.29) is 18.1 Å². The zero-order valence-corrected chi connectivity index (χ0v) is 13.6. The molecule has 0 aromatic heterocycles. The first kappa shape index (κ1) is 15.5. The quantitative estimate of drug-likeness (QED) is 0.834. The minimum Gasteiger partial charge on any atom is -0.372 e. The molecule has 0 bridgehead atoms. The summed E-state index contributed by atoms with van der Waals surface area (Å²) in [5.41, 5.74) is 2.87. The highest BCUT2D eigenvalue weighted by Gasteiger charge is 2.27. The summed E-state index contributed by atoms with van der Waals surface area (Å²) < 4.78 is 5.71. The van der Waals surface area contributed by atoms with Crippen LogP contribution in [0.15, 0.2) is 24.3 Å². The predicted molar refractivity (Wildman–Crippen MR) is 86.9 cm³/mol. The van der Waals surface area contributed by atoms with Crippen LogP contribution in [0.1, 0.15) is 25.0 Å². The molecule has 2 atom stereocenters. The van der Waals surface area contributed by atoms with Crippen LogP contribution in [-0.4, -0.2) is 60.6 Å². The van der Waals surface area contributed by atoms with Gasteiger partial charge in [-0.05, 0) is 37.8 Å². The lowest BCUT2D eigenvalue weighted by atomic mass is 10.0. The summed E-state index contributed by atoms with van der Waals surface area (Å²) in [7, 11) is 0. The molecular formula is C18H26N2O2. The Hall–Kier alpha value is -1.39. The summed E-state index contributed by atoms with van der Waals surface area (Å²) in [5.74, 6) is 0.243. The van der Waals surface area contributed by atoms with Crippen molar-refractivity contribution in [3.8, 4) is 0 Å². The number of benzene rings is 1. The van der Waals surface area contributed by atoms with Crippen molar-refractivity contribution in [2.24, 2.45) is 0 Å². The lowest BCUT2D eigenvalue weighted by molar-refractivity contribution is -0.144. The van der Waals surface area contributed by atoms with Crippen molar-refractivity contribution in [1.29, 1.82) is 0 Å². The molecule has 0 N–H and O–H groups in total. The molecule has 0 unspecified atom stereocenters. The van der Waals surface area contributed by atoms with Gasteiger partial charge in [-0.2, -0.15) is 0 Å². The number of carbonyl (C=O) groups excluding carboxylic acids is 1. The molecular weight excluding hydrogens is 276 g/mol. The minimum absolute atomic E-state index is 0.140. The molecule has 0 spiro atoms. The van der Waals surface area contributed by atoms with Gasteiger partial charge < -0.3 is 9.64 Å². The Balaban J connectivity index is 1.56. The third-order valence-electron chi connectivity index (χ3n) is 4.64. The fourth-order valence-electron chi connectivity index (χ4n) is 3.55. The number of morpholine rings is 1. The summed E-state index contributed by atoms with van der Waals surface area (Å²) in [6.45, 7) is 8.00. The van der Waals surface area contributed by atoms with Crippen LogP contribution in [0.25, 0.3) is 0 Å². The molecule has 2 aliphatic rings. The fourth-order valence-corrected chi connectivity index (χ4v) is 3.55. The van der Waals surface area contributed by atoms with Crippen molar-refractivity contribution in [2.75, 3.05) is 32.7 Å². The highest BCUT2D eigenvalue weighted by molar-refractivity contribution is 5.78. The molecule has 1 amide bonds. The average Bonchev–Trinajstić information content (AvgIpc) is 2.69. The van der Waals surface area contributed by atoms with E-state index in [2.05, 4.69) is 29.2 Å². The van der Waals surface area contributed by atoms with Crippen molar-refractivity contribution in [1.82, 2.24) is 9.80 Å². The number of amides is 1. The monoisotopic (exact) mass is 302 g/mol. The van der Waals surface area contributed by atoms with Gasteiger partial charge in [0.25, 0.3) is 0 Å². The third kappa shape index (κ3) is 3.68. The molecule has 4 heteroatoms. The largest absolute Gasteiger partial charge is 0.372 e. The number of carbonyl (C=O) groups is 1. The Morgan fingerprint density at radius 3 is 2.18 bits per heavy atom. The molecule has 0 radical (unpaired) electrons. The van der Waals surface area contributed by atoms with Crippen LogP contribution in [0.2, 0.25) is 0 Å². The number of fused-ring (bicyclic) bond motifs is 1. The van der Waals surface area contributed by atoms with Gasteiger partial charge in [0.2, 0.25) is 5.91 Å². The highest BCUT2D eigenvalue weighted by Crippen LogP contribution is 2.16. The van der Waals surface area contributed by atoms with Gasteiger partial charge in [0.1, 0.15) is 0 Å². The van der Waals surface area contributed by atoms with Gasteiger partial charge in [-0.1, -0.05) is 24.3 Å². The van der Waals surface area contributed by atoms with E-state index in [1.54, 1.807) is 0 Å². The van der Waals surface area contributed by atoms with Crippen LogP contribution in [0.3, 0.4) is 0 Å². The molecule has 1 saturated heterocycles. The second kappa shape index (κ2) is 6.80. The van der Waals surface area contributed by atoms with Crippen molar-refractivity contribution < 1.29 is 9.53 Å². The van der Waals surface area contributed by atoms with Gasteiger partial charge in [0.05, 0.1) is 18.8 Å². The summed E-state index contributed by atoms with van der Waals surface area (Å²) in [5, 5.41) is 0. The van der Waals surface area contributed by atoms with E-state index in [0.29, 0.717) is 6.54 Å². The zero-order valence-electron chi connectivity index (χ0n) is 13.6. The van der Waals surface area contributed by atoms with Crippen LogP contribution >= 0.6 is 0 Å². The highest BCUT2D eigenvalue weighted by atomic mass is 16.5. The molecule has 4 nitrogen and oxygen atoms in total.